The molecule has 2 N–H and O–H groups in total. The molecular weight excluding hydrogens is 540 g/mol. The van der Waals surface area contributed by atoms with Gasteiger partial charge in [0.1, 0.15) is 0 Å². The lowest BCUT2D eigenvalue weighted by molar-refractivity contribution is -0.121. The zero-order valence-electron chi connectivity index (χ0n) is 21.2. The first-order valence-corrected chi connectivity index (χ1v) is 13.0. The van der Waals surface area contributed by atoms with E-state index >= 15 is 0 Å². The lowest BCUT2D eigenvalue weighted by Gasteiger charge is -2.17. The lowest BCUT2D eigenvalue weighted by atomic mass is 10.1. The van der Waals surface area contributed by atoms with Crippen LogP contribution in [0.1, 0.15) is 11.1 Å². The van der Waals surface area contributed by atoms with Gasteiger partial charge in [-0.3, -0.25) is 24.1 Å². The number of nitrogens with zero attached hydrogens (tertiary/aromatic N) is 5. The first-order valence-electron chi connectivity index (χ1n) is 11.8. The Morgan fingerprint density at radius 1 is 1.10 bits per heavy atom. The molecule has 0 bridgehead atoms. The van der Waals surface area contributed by atoms with Gasteiger partial charge in [-0.2, -0.15) is 9.99 Å². The Hall–Kier alpha value is -4.36. The molecule has 1 amide bonds. The van der Waals surface area contributed by atoms with Gasteiger partial charge < -0.3 is 14.4 Å². The van der Waals surface area contributed by atoms with E-state index in [4.69, 9.17) is 17.0 Å². The summed E-state index contributed by atoms with van der Waals surface area (Å²) in [6, 6.07) is 14.5. The van der Waals surface area contributed by atoms with E-state index in [-0.39, 0.29) is 32.9 Å². The number of imidazole rings is 1. The largest absolute Gasteiger partial charge is 0.504 e. The molecule has 0 radical (unpaired) electrons. The summed E-state index contributed by atoms with van der Waals surface area (Å²) in [5.74, 6) is 0.0408. The van der Waals surface area contributed by atoms with Gasteiger partial charge in [0.25, 0.3) is 11.5 Å². The standard InChI is InChI=1S/C26H24N6O5S2/c1-29-21-20(23(35)30(2)25(29)36)31(12-11-15-7-5-4-6-8-15)24(27-21)28-32-22(34)19(39-26(32)38)14-16-9-10-17(33)18(13-16)37-3/h4-10,13-14,33H,11-12H2,1-3H3,(H,27,28). The first kappa shape index (κ1) is 26.3. The number of phenols is 1. The lowest BCUT2D eigenvalue weighted by Crippen LogP contribution is -2.37. The number of nitrogens with one attached hydrogen (secondary N) is 1. The van der Waals surface area contributed by atoms with Crippen molar-refractivity contribution in [3.8, 4) is 11.5 Å². The van der Waals surface area contributed by atoms with E-state index in [1.165, 1.54) is 36.8 Å². The van der Waals surface area contributed by atoms with Crippen LogP contribution in [0.5, 0.6) is 11.5 Å². The van der Waals surface area contributed by atoms with Gasteiger partial charge in [-0.15, -0.1) is 0 Å². The highest BCUT2D eigenvalue weighted by Crippen LogP contribution is 2.34. The Labute approximate surface area is 231 Å². The van der Waals surface area contributed by atoms with E-state index in [0.717, 1.165) is 21.9 Å². The fraction of sp³-hybridized carbons (Fsp3) is 0.192. The summed E-state index contributed by atoms with van der Waals surface area (Å²) in [7, 11) is 4.39. The molecule has 200 valence electrons. The summed E-state index contributed by atoms with van der Waals surface area (Å²) >= 11 is 6.57. The fourth-order valence-electron chi connectivity index (χ4n) is 4.23. The topological polar surface area (TPSA) is 124 Å². The molecular formula is C26H24N6O5S2. The number of hydrazine groups is 1. The highest BCUT2D eigenvalue weighted by Gasteiger charge is 2.34. The Balaban J connectivity index is 1.53. The third-order valence-electron chi connectivity index (χ3n) is 6.32. The highest BCUT2D eigenvalue weighted by atomic mass is 32.2. The van der Waals surface area contributed by atoms with E-state index in [1.807, 2.05) is 30.3 Å². The van der Waals surface area contributed by atoms with E-state index < -0.39 is 17.2 Å². The van der Waals surface area contributed by atoms with Crippen molar-refractivity contribution >= 4 is 57.4 Å². The predicted molar refractivity (Wildman–Crippen MR) is 154 cm³/mol. The molecule has 0 aliphatic carbocycles. The van der Waals surface area contributed by atoms with Crippen LogP contribution in [0.25, 0.3) is 17.2 Å². The number of ether oxygens (including phenoxy) is 1. The molecule has 3 heterocycles. The molecule has 1 aliphatic heterocycles. The molecule has 5 rings (SSSR count). The Morgan fingerprint density at radius 2 is 1.85 bits per heavy atom. The number of carbonyl (C=O) groups excluding carboxylic acids is 1. The van der Waals surface area contributed by atoms with Crippen molar-refractivity contribution in [2.24, 2.45) is 14.1 Å². The molecule has 2 aromatic carbocycles. The third-order valence-corrected chi connectivity index (χ3v) is 7.62. The van der Waals surface area contributed by atoms with Gasteiger partial charge >= 0.3 is 5.69 Å². The molecule has 39 heavy (non-hydrogen) atoms. The number of aromatic hydroxyl groups is 1. The normalized spacial score (nSPS) is 14.5. The van der Waals surface area contributed by atoms with Crippen molar-refractivity contribution in [2.75, 3.05) is 12.5 Å². The SMILES string of the molecule is COc1cc(C=C2SC(=S)N(Nc3nc4c(c(=O)n(C)c(=O)n4C)n3CCc3ccccc3)C2=O)ccc1O. The minimum Gasteiger partial charge on any atom is -0.504 e. The van der Waals surface area contributed by atoms with Crippen LogP contribution in [-0.2, 0) is 31.9 Å². The number of anilines is 1. The molecule has 1 saturated heterocycles. The predicted octanol–water partition coefficient (Wildman–Crippen LogP) is 2.62. The first-order chi connectivity index (χ1) is 18.7. The number of methoxy groups -OCH3 is 1. The number of phenolic OH excluding ortho intramolecular Hbond substituents is 1. The van der Waals surface area contributed by atoms with Crippen molar-refractivity contribution < 1.29 is 14.6 Å². The maximum atomic E-state index is 13.3. The van der Waals surface area contributed by atoms with Crippen molar-refractivity contribution in [3.63, 3.8) is 0 Å². The van der Waals surface area contributed by atoms with Gasteiger partial charge in [0.05, 0.1) is 12.0 Å². The van der Waals surface area contributed by atoms with Crippen LogP contribution in [0.15, 0.2) is 63.0 Å². The molecule has 1 fully saturated rings. The Kier molecular flexibility index (Phi) is 7.02. The van der Waals surface area contributed by atoms with Crippen LogP contribution in [0, 0.1) is 0 Å². The second-order valence-electron chi connectivity index (χ2n) is 8.76. The number of rotatable bonds is 7. The van der Waals surface area contributed by atoms with Gasteiger partial charge in [0.2, 0.25) is 5.95 Å². The molecule has 11 nitrogen and oxygen atoms in total. The molecule has 0 saturated carbocycles. The third kappa shape index (κ3) is 4.81. The summed E-state index contributed by atoms with van der Waals surface area (Å²) in [6.45, 7) is 0.355. The molecule has 4 aromatic rings. The van der Waals surface area contributed by atoms with E-state index in [1.54, 1.807) is 22.8 Å². The van der Waals surface area contributed by atoms with Gasteiger partial charge in [-0.1, -0.05) is 48.2 Å². The van der Waals surface area contributed by atoms with Crippen molar-refractivity contribution in [2.45, 2.75) is 13.0 Å². The van der Waals surface area contributed by atoms with Crippen molar-refractivity contribution in [3.05, 3.63) is 85.4 Å². The number of fused-ring (bicyclic) bond motifs is 1. The van der Waals surface area contributed by atoms with Gasteiger partial charge in [-0.25, -0.2) is 4.79 Å². The molecule has 2 aromatic heterocycles. The number of carbonyl (C=O) groups is 1. The molecule has 13 heteroatoms. The van der Waals surface area contributed by atoms with Crippen LogP contribution in [0.3, 0.4) is 0 Å². The number of hydrogen-bond acceptors (Lipinski definition) is 9. The number of thioether (sulfide) groups is 1. The van der Waals surface area contributed by atoms with Gasteiger partial charge in [-0.05, 0) is 48.0 Å². The van der Waals surface area contributed by atoms with Gasteiger partial charge in [0, 0.05) is 20.6 Å². The number of thiocarbonyl (C=S) groups is 1. The van der Waals surface area contributed by atoms with E-state index in [9.17, 15) is 19.5 Å². The fourth-order valence-corrected chi connectivity index (χ4v) is 5.41. The number of amides is 1. The number of aryl methyl sites for hydroxylation is 3. The Morgan fingerprint density at radius 3 is 2.56 bits per heavy atom. The summed E-state index contributed by atoms with van der Waals surface area (Å²) in [5, 5.41) is 11.0. The minimum absolute atomic E-state index is 0.0150. The average Bonchev–Trinajstić information content (AvgIpc) is 3.43. The molecule has 0 spiro atoms. The number of aromatic nitrogens is 4. The second-order valence-corrected chi connectivity index (χ2v) is 10.4. The summed E-state index contributed by atoms with van der Waals surface area (Å²) in [5.41, 5.74) is 4.08. The van der Waals surface area contributed by atoms with Gasteiger partial charge in [0.15, 0.2) is 27.0 Å². The highest BCUT2D eigenvalue weighted by molar-refractivity contribution is 8.26. The number of hydrogen-bond donors (Lipinski definition) is 2. The quantitative estimate of drug-likeness (QED) is 0.258. The monoisotopic (exact) mass is 564 g/mol. The van der Waals surface area contributed by atoms with E-state index in [0.29, 0.717) is 23.4 Å². The molecule has 0 atom stereocenters. The summed E-state index contributed by atoms with van der Waals surface area (Å²) < 4.78 is 9.37. The van der Waals surface area contributed by atoms with Crippen LogP contribution < -0.4 is 21.4 Å². The zero-order valence-corrected chi connectivity index (χ0v) is 22.9. The van der Waals surface area contributed by atoms with Crippen LogP contribution in [0.4, 0.5) is 5.95 Å². The van der Waals surface area contributed by atoms with E-state index in [2.05, 4.69) is 10.4 Å². The smallest absolute Gasteiger partial charge is 0.332 e. The van der Waals surface area contributed by atoms with Crippen LogP contribution >= 0.6 is 24.0 Å². The molecule has 1 aliphatic rings. The van der Waals surface area contributed by atoms with Crippen LogP contribution in [0.2, 0.25) is 0 Å². The average molecular weight is 565 g/mol. The number of benzene rings is 2. The van der Waals surface area contributed by atoms with Crippen LogP contribution in [-0.4, -0.2) is 46.1 Å². The molecule has 0 unspecified atom stereocenters. The maximum Gasteiger partial charge on any atom is 0.332 e. The van der Waals surface area contributed by atoms with Crippen molar-refractivity contribution in [1.82, 2.24) is 23.7 Å². The maximum absolute atomic E-state index is 13.3. The van der Waals surface area contributed by atoms with Crippen molar-refractivity contribution in [1.29, 1.82) is 0 Å². The Bertz CT molecular complexity index is 1770. The summed E-state index contributed by atoms with van der Waals surface area (Å²) in [6.07, 6.45) is 2.22. The summed E-state index contributed by atoms with van der Waals surface area (Å²) in [4.78, 5) is 43.9. The second kappa shape index (κ2) is 10.4. The zero-order chi connectivity index (χ0) is 27.8. The minimum atomic E-state index is -0.510.